The normalized spacial score (nSPS) is 23.4. The van der Waals surface area contributed by atoms with Gasteiger partial charge in [0, 0.05) is 55.9 Å². The predicted molar refractivity (Wildman–Crippen MR) is 127 cm³/mol. The quantitative estimate of drug-likeness (QED) is 0.588. The van der Waals surface area contributed by atoms with E-state index in [1.807, 2.05) is 33.0 Å². The number of nitrogens with zero attached hydrogens (tertiary/aromatic N) is 6. The summed E-state index contributed by atoms with van der Waals surface area (Å²) in [6, 6.07) is 0.603. The van der Waals surface area contributed by atoms with Crippen LogP contribution in [0.3, 0.4) is 0 Å². The van der Waals surface area contributed by atoms with Crippen LogP contribution in [0.25, 0.3) is 0 Å². The molecule has 0 radical (unpaired) electrons. The van der Waals surface area contributed by atoms with Crippen LogP contribution in [-0.2, 0) is 16.0 Å². The second kappa shape index (κ2) is 9.29. The molecule has 1 saturated heterocycles. The average molecular weight is 482 g/mol. The van der Waals surface area contributed by atoms with Gasteiger partial charge >= 0.3 is 0 Å². The average Bonchev–Trinajstić information content (AvgIpc) is 3.74. The number of carbonyl (C=O) groups excluding carboxylic acids is 2. The highest BCUT2D eigenvalue weighted by Gasteiger charge is 2.45. The van der Waals surface area contributed by atoms with Crippen LogP contribution in [0.4, 0.5) is 0 Å². The Morgan fingerprint density at radius 3 is 2.57 bits per heavy atom. The largest absolute Gasteiger partial charge is 0.391 e. The Hall–Kier alpha value is -2.88. The zero-order valence-electron chi connectivity index (χ0n) is 20.7. The Kier molecular flexibility index (Phi) is 6.33. The molecule has 10 heteroatoms. The molecule has 35 heavy (non-hydrogen) atoms. The van der Waals surface area contributed by atoms with Gasteiger partial charge in [0.25, 0.3) is 0 Å². The Balaban J connectivity index is 1.25. The summed E-state index contributed by atoms with van der Waals surface area (Å²) < 4.78 is 1.64. The second-order valence-electron chi connectivity index (χ2n) is 11.3. The van der Waals surface area contributed by atoms with Gasteiger partial charge in [-0.1, -0.05) is 26.0 Å². The third-order valence-corrected chi connectivity index (χ3v) is 7.08. The number of hydrogen-bond acceptors (Lipinski definition) is 7. The Morgan fingerprint density at radius 2 is 1.89 bits per heavy atom. The van der Waals surface area contributed by atoms with Crippen molar-refractivity contribution >= 4 is 11.8 Å². The zero-order chi connectivity index (χ0) is 24.7. The van der Waals surface area contributed by atoms with Crippen LogP contribution in [0.15, 0.2) is 18.5 Å². The Bertz CT molecular complexity index is 1090. The summed E-state index contributed by atoms with van der Waals surface area (Å²) in [5.41, 5.74) is 1.53. The Labute approximate surface area is 205 Å². The molecule has 2 aromatic rings. The van der Waals surface area contributed by atoms with Crippen molar-refractivity contribution < 1.29 is 14.7 Å². The number of rotatable bonds is 8. The number of hydrogen-bond donors (Lipinski definition) is 2. The lowest BCUT2D eigenvalue weighted by Crippen LogP contribution is -2.50. The van der Waals surface area contributed by atoms with E-state index in [-0.39, 0.29) is 24.8 Å². The number of amides is 2. The van der Waals surface area contributed by atoms with Crippen molar-refractivity contribution in [3.63, 3.8) is 0 Å². The molecule has 3 aliphatic rings. The molecule has 2 N–H and O–H groups in total. The van der Waals surface area contributed by atoms with E-state index < -0.39 is 23.6 Å². The number of aromatic nitrogens is 5. The van der Waals surface area contributed by atoms with Gasteiger partial charge in [0.15, 0.2) is 0 Å². The van der Waals surface area contributed by atoms with Crippen LogP contribution in [-0.4, -0.2) is 72.0 Å². The van der Waals surface area contributed by atoms with E-state index in [1.54, 1.807) is 10.9 Å². The van der Waals surface area contributed by atoms with E-state index in [2.05, 4.69) is 25.6 Å². The van der Waals surface area contributed by atoms with Crippen molar-refractivity contribution in [3.8, 4) is 0 Å². The third kappa shape index (κ3) is 5.37. The maximum absolute atomic E-state index is 13.8. The maximum Gasteiger partial charge on any atom is 0.248 e. The van der Waals surface area contributed by atoms with Crippen molar-refractivity contribution in [2.24, 2.45) is 5.41 Å². The van der Waals surface area contributed by atoms with E-state index in [9.17, 15) is 14.7 Å². The predicted octanol–water partition coefficient (Wildman–Crippen LogP) is 1.73. The molecule has 3 heterocycles. The fourth-order valence-electron chi connectivity index (χ4n) is 4.88. The minimum absolute atomic E-state index is 0.125. The van der Waals surface area contributed by atoms with Crippen LogP contribution in [0.1, 0.15) is 88.0 Å². The third-order valence-electron chi connectivity index (χ3n) is 7.08. The summed E-state index contributed by atoms with van der Waals surface area (Å²) in [6.07, 6.45) is 8.18. The van der Waals surface area contributed by atoms with Gasteiger partial charge in [0.1, 0.15) is 17.9 Å². The number of aliphatic hydroxyl groups is 1. The van der Waals surface area contributed by atoms with E-state index in [1.165, 1.54) is 17.7 Å². The zero-order valence-corrected chi connectivity index (χ0v) is 20.7. The summed E-state index contributed by atoms with van der Waals surface area (Å²) in [7, 11) is 0. The minimum Gasteiger partial charge on any atom is -0.391 e. The summed E-state index contributed by atoms with van der Waals surface area (Å²) in [4.78, 5) is 37.3. The highest BCUT2D eigenvalue weighted by atomic mass is 16.3. The monoisotopic (exact) mass is 481 g/mol. The van der Waals surface area contributed by atoms with Crippen molar-refractivity contribution in [2.75, 3.05) is 13.1 Å². The number of carbonyl (C=O) groups is 2. The molecule has 0 spiro atoms. The summed E-state index contributed by atoms with van der Waals surface area (Å²) in [5.74, 6) is 1.20. The van der Waals surface area contributed by atoms with Crippen LogP contribution in [0.2, 0.25) is 0 Å². The molecule has 2 aromatic heterocycles. The molecule has 10 nitrogen and oxygen atoms in total. The molecule has 188 valence electrons. The lowest BCUT2D eigenvalue weighted by atomic mass is 9.85. The first-order valence-corrected chi connectivity index (χ1v) is 12.7. The molecule has 0 aromatic carbocycles. The number of nitrogens with one attached hydrogen (secondary N) is 1. The number of likely N-dealkylation sites (tertiary alicyclic amines) is 1. The molecule has 0 unspecified atom stereocenters. The highest BCUT2D eigenvalue weighted by molar-refractivity contribution is 5.90. The molecule has 1 aliphatic heterocycles. The van der Waals surface area contributed by atoms with E-state index in [4.69, 9.17) is 0 Å². The van der Waals surface area contributed by atoms with Gasteiger partial charge < -0.3 is 15.3 Å². The molecule has 3 fully saturated rings. The molecule has 2 saturated carbocycles. The first kappa shape index (κ1) is 23.8. The van der Waals surface area contributed by atoms with Crippen molar-refractivity contribution in [1.29, 1.82) is 0 Å². The van der Waals surface area contributed by atoms with Gasteiger partial charge in [-0.2, -0.15) is 0 Å². The van der Waals surface area contributed by atoms with Gasteiger partial charge in [0.2, 0.25) is 11.8 Å². The standard InChI is InChI=1S/C25H35N7O3/c1-25(2,3)22(32-14-19(29-30-32)16-6-7-16)24(35)31-13-17(33)12-20(31)23(34)27-11-9-21-26-10-8-18(28-21)15-4-5-15/h8,10,14-17,20,22,33H,4-7,9,11-13H2,1-3H3,(H,27,34)/t17-,20+,22-/m1/s1. The van der Waals surface area contributed by atoms with E-state index in [0.717, 1.165) is 24.2 Å². The molecule has 3 atom stereocenters. The summed E-state index contributed by atoms with van der Waals surface area (Å²) in [5, 5.41) is 21.9. The topological polar surface area (TPSA) is 126 Å². The van der Waals surface area contributed by atoms with Crippen LogP contribution < -0.4 is 5.32 Å². The Morgan fingerprint density at radius 1 is 1.17 bits per heavy atom. The lowest BCUT2D eigenvalue weighted by Gasteiger charge is -2.34. The van der Waals surface area contributed by atoms with Gasteiger partial charge in [-0.15, -0.1) is 5.10 Å². The van der Waals surface area contributed by atoms with Gasteiger partial charge in [0.05, 0.1) is 11.8 Å². The second-order valence-corrected chi connectivity index (χ2v) is 11.3. The molecular weight excluding hydrogens is 446 g/mol. The van der Waals surface area contributed by atoms with E-state index in [0.29, 0.717) is 30.6 Å². The molecular formula is C25H35N7O3. The van der Waals surface area contributed by atoms with Crippen LogP contribution in [0, 0.1) is 5.41 Å². The molecule has 2 amide bonds. The number of β-amino-alcohol motifs (C(OH)–C–C–N with tert-alkyl or cyclic N) is 1. The minimum atomic E-state index is -0.744. The van der Waals surface area contributed by atoms with Crippen LogP contribution in [0.5, 0.6) is 0 Å². The fraction of sp³-hybridized carbons (Fsp3) is 0.680. The van der Waals surface area contributed by atoms with Gasteiger partial charge in [-0.3, -0.25) is 9.59 Å². The first-order chi connectivity index (χ1) is 16.7. The molecule has 5 rings (SSSR count). The molecule has 0 bridgehead atoms. The summed E-state index contributed by atoms with van der Waals surface area (Å²) in [6.45, 7) is 6.43. The smallest absolute Gasteiger partial charge is 0.248 e. The van der Waals surface area contributed by atoms with E-state index >= 15 is 0 Å². The SMILES string of the molecule is CC(C)(C)[C@@H](C(=O)N1C[C@H](O)C[C@H]1C(=O)NCCc1nccc(C2CC2)n1)n1cc(C2CC2)nn1. The van der Waals surface area contributed by atoms with Crippen molar-refractivity contribution in [3.05, 3.63) is 35.7 Å². The van der Waals surface area contributed by atoms with Crippen molar-refractivity contribution in [2.45, 2.75) is 89.3 Å². The van der Waals surface area contributed by atoms with Crippen LogP contribution >= 0.6 is 0 Å². The first-order valence-electron chi connectivity index (χ1n) is 12.7. The lowest BCUT2D eigenvalue weighted by molar-refractivity contribution is -0.144. The van der Waals surface area contributed by atoms with Gasteiger partial charge in [-0.25, -0.2) is 14.6 Å². The summed E-state index contributed by atoms with van der Waals surface area (Å²) >= 11 is 0. The number of aliphatic hydroxyl groups excluding tert-OH is 1. The highest BCUT2D eigenvalue weighted by Crippen LogP contribution is 2.40. The van der Waals surface area contributed by atoms with Gasteiger partial charge in [-0.05, 0) is 37.2 Å². The van der Waals surface area contributed by atoms with Crippen molar-refractivity contribution in [1.82, 2.24) is 35.2 Å². The maximum atomic E-state index is 13.8. The molecule has 2 aliphatic carbocycles. The fourth-order valence-corrected chi connectivity index (χ4v) is 4.88.